The van der Waals surface area contributed by atoms with Gasteiger partial charge in [0, 0.05) is 19.5 Å². The van der Waals surface area contributed by atoms with Gasteiger partial charge in [0.15, 0.2) is 0 Å². The summed E-state index contributed by atoms with van der Waals surface area (Å²) in [5.74, 6) is 0.675. The Kier molecular flexibility index (Phi) is 2.20. The van der Waals surface area contributed by atoms with Gasteiger partial charge in [-0.05, 0) is 0 Å². The van der Waals surface area contributed by atoms with Crippen molar-refractivity contribution < 1.29 is 9.90 Å². The number of hydrogen-bond acceptors (Lipinski definition) is 4. The van der Waals surface area contributed by atoms with Gasteiger partial charge >= 0.3 is 0 Å². The van der Waals surface area contributed by atoms with Gasteiger partial charge in [-0.15, -0.1) is 5.10 Å². The van der Waals surface area contributed by atoms with E-state index in [1.165, 1.54) is 4.90 Å². The van der Waals surface area contributed by atoms with Crippen molar-refractivity contribution in [1.29, 1.82) is 0 Å². The summed E-state index contributed by atoms with van der Waals surface area (Å²) in [6.45, 7) is 2.70. The first-order valence-corrected chi connectivity index (χ1v) is 4.59. The number of aryl methyl sites for hydroxylation is 1. The lowest BCUT2D eigenvalue weighted by atomic mass is 10.2. The van der Waals surface area contributed by atoms with Crippen LogP contribution < -0.4 is 0 Å². The Morgan fingerprint density at radius 1 is 1.71 bits per heavy atom. The third kappa shape index (κ3) is 1.48. The normalized spacial score (nSPS) is 16.9. The minimum absolute atomic E-state index is 0.189. The largest absolute Gasteiger partial charge is 0.389 e. The van der Waals surface area contributed by atoms with Gasteiger partial charge in [0.25, 0.3) is 5.91 Å². The molecule has 76 valence electrons. The second-order valence-corrected chi connectivity index (χ2v) is 3.32. The molecule has 0 saturated carbocycles. The lowest BCUT2D eigenvalue weighted by molar-refractivity contribution is 0.00510. The van der Waals surface area contributed by atoms with Gasteiger partial charge in [-0.25, -0.2) is 4.98 Å². The predicted molar refractivity (Wildman–Crippen MR) is 47.7 cm³/mol. The molecule has 1 saturated heterocycles. The van der Waals surface area contributed by atoms with Crippen LogP contribution >= 0.6 is 0 Å². The number of hydrogen-bond donors (Lipinski definition) is 2. The molecular weight excluding hydrogens is 184 g/mol. The number of likely N-dealkylation sites (tertiary alicyclic amines) is 1. The lowest BCUT2D eigenvalue weighted by Crippen LogP contribution is -2.53. The molecule has 0 aromatic carbocycles. The van der Waals surface area contributed by atoms with Crippen LogP contribution in [0.1, 0.15) is 23.4 Å². The fraction of sp³-hybridized carbons (Fsp3) is 0.625. The van der Waals surface area contributed by atoms with Crippen molar-refractivity contribution in [1.82, 2.24) is 20.1 Å². The molecule has 2 heterocycles. The van der Waals surface area contributed by atoms with Gasteiger partial charge in [-0.1, -0.05) is 6.92 Å². The Bertz CT molecular complexity index is 343. The average Bonchev–Trinajstić information content (AvgIpc) is 2.60. The van der Waals surface area contributed by atoms with E-state index in [-0.39, 0.29) is 17.8 Å². The zero-order valence-electron chi connectivity index (χ0n) is 7.90. The number of carbonyl (C=O) groups is 1. The van der Waals surface area contributed by atoms with E-state index < -0.39 is 0 Å². The quantitative estimate of drug-likeness (QED) is 0.647. The number of rotatable bonds is 2. The zero-order valence-corrected chi connectivity index (χ0v) is 7.90. The van der Waals surface area contributed by atoms with Crippen LogP contribution in [0.4, 0.5) is 0 Å². The molecule has 1 amide bonds. The van der Waals surface area contributed by atoms with E-state index in [0.717, 1.165) is 6.42 Å². The second kappa shape index (κ2) is 3.38. The van der Waals surface area contributed by atoms with E-state index in [9.17, 15) is 4.79 Å². The molecule has 0 aliphatic carbocycles. The molecule has 0 bridgehead atoms. The summed E-state index contributed by atoms with van der Waals surface area (Å²) in [5, 5.41) is 15.5. The minimum atomic E-state index is -0.386. The Hall–Kier alpha value is -1.43. The maximum absolute atomic E-state index is 11.6. The Labute approximate surface area is 80.9 Å². The first kappa shape index (κ1) is 9.14. The summed E-state index contributed by atoms with van der Waals surface area (Å²) in [6.07, 6.45) is 0.339. The van der Waals surface area contributed by atoms with Gasteiger partial charge in [0.05, 0.1) is 6.10 Å². The summed E-state index contributed by atoms with van der Waals surface area (Å²) in [4.78, 5) is 17.1. The molecule has 0 unspecified atom stereocenters. The van der Waals surface area contributed by atoms with Crippen LogP contribution in [-0.2, 0) is 6.42 Å². The fourth-order valence-electron chi connectivity index (χ4n) is 1.31. The van der Waals surface area contributed by atoms with Gasteiger partial charge < -0.3 is 10.0 Å². The van der Waals surface area contributed by atoms with Crippen LogP contribution in [0.5, 0.6) is 0 Å². The molecular formula is C8H12N4O2. The summed E-state index contributed by atoms with van der Waals surface area (Å²) in [7, 11) is 0. The zero-order chi connectivity index (χ0) is 10.1. The highest BCUT2D eigenvalue weighted by Gasteiger charge is 2.31. The molecule has 1 aromatic rings. The third-order valence-corrected chi connectivity index (χ3v) is 2.21. The van der Waals surface area contributed by atoms with E-state index in [2.05, 4.69) is 15.2 Å². The van der Waals surface area contributed by atoms with Crippen LogP contribution in [0, 0.1) is 0 Å². The number of carbonyl (C=O) groups excluding carboxylic acids is 1. The highest BCUT2D eigenvalue weighted by Crippen LogP contribution is 2.10. The van der Waals surface area contributed by atoms with E-state index >= 15 is 0 Å². The summed E-state index contributed by atoms with van der Waals surface area (Å²) >= 11 is 0. The molecule has 6 nitrogen and oxygen atoms in total. The van der Waals surface area contributed by atoms with Crippen LogP contribution in [-0.4, -0.2) is 50.3 Å². The molecule has 1 aliphatic heterocycles. The average molecular weight is 196 g/mol. The lowest BCUT2D eigenvalue weighted by Gasteiger charge is -2.34. The fourth-order valence-corrected chi connectivity index (χ4v) is 1.31. The maximum Gasteiger partial charge on any atom is 0.293 e. The molecule has 1 fully saturated rings. The Morgan fingerprint density at radius 2 is 2.43 bits per heavy atom. The van der Waals surface area contributed by atoms with Crippen LogP contribution in [0.25, 0.3) is 0 Å². The summed E-state index contributed by atoms with van der Waals surface area (Å²) in [5.41, 5.74) is 0. The molecule has 2 rings (SSSR count). The number of β-amino-alcohol motifs (C(OH)–C–C–N with tert-alkyl or cyclic N) is 1. The number of H-pyrrole nitrogens is 1. The standard InChI is InChI=1S/C8H12N4O2/c1-2-6-9-7(11-10-6)8(14)12-3-5(13)4-12/h5,13H,2-4H2,1H3,(H,9,10,11). The van der Waals surface area contributed by atoms with Crippen molar-refractivity contribution in [3.8, 4) is 0 Å². The SMILES string of the molecule is CCc1nc(C(=O)N2CC(O)C2)n[nH]1. The number of nitrogens with zero attached hydrogens (tertiary/aromatic N) is 3. The van der Waals surface area contributed by atoms with E-state index in [1.54, 1.807) is 0 Å². The number of amides is 1. The van der Waals surface area contributed by atoms with E-state index in [4.69, 9.17) is 5.11 Å². The second-order valence-electron chi connectivity index (χ2n) is 3.32. The highest BCUT2D eigenvalue weighted by atomic mass is 16.3. The monoisotopic (exact) mass is 196 g/mol. The summed E-state index contributed by atoms with van der Waals surface area (Å²) < 4.78 is 0. The van der Waals surface area contributed by atoms with Crippen molar-refractivity contribution >= 4 is 5.91 Å². The molecule has 0 radical (unpaired) electrons. The number of aromatic amines is 1. The predicted octanol–water partition coefficient (Wildman–Crippen LogP) is -0.816. The number of aliphatic hydroxyl groups is 1. The van der Waals surface area contributed by atoms with Crippen molar-refractivity contribution in [3.05, 3.63) is 11.6 Å². The molecule has 6 heteroatoms. The minimum Gasteiger partial charge on any atom is -0.389 e. The van der Waals surface area contributed by atoms with Gasteiger partial charge in [0.1, 0.15) is 5.82 Å². The third-order valence-electron chi connectivity index (χ3n) is 2.21. The van der Waals surface area contributed by atoms with Crippen molar-refractivity contribution in [2.75, 3.05) is 13.1 Å². The first-order chi connectivity index (χ1) is 6.70. The molecule has 1 aromatic heterocycles. The highest BCUT2D eigenvalue weighted by molar-refractivity contribution is 5.91. The van der Waals surface area contributed by atoms with Crippen LogP contribution in [0.2, 0.25) is 0 Å². The van der Waals surface area contributed by atoms with Gasteiger partial charge in [0.2, 0.25) is 5.82 Å². The number of aliphatic hydroxyl groups excluding tert-OH is 1. The molecule has 2 N–H and O–H groups in total. The number of nitrogens with one attached hydrogen (secondary N) is 1. The van der Waals surface area contributed by atoms with Gasteiger partial charge in [-0.3, -0.25) is 9.89 Å². The molecule has 1 aliphatic rings. The van der Waals surface area contributed by atoms with Gasteiger partial charge in [-0.2, -0.15) is 0 Å². The maximum atomic E-state index is 11.6. The van der Waals surface area contributed by atoms with Crippen LogP contribution in [0.15, 0.2) is 0 Å². The topological polar surface area (TPSA) is 82.1 Å². The molecule has 14 heavy (non-hydrogen) atoms. The molecule has 0 spiro atoms. The molecule has 0 atom stereocenters. The van der Waals surface area contributed by atoms with Crippen LogP contribution in [0.3, 0.4) is 0 Å². The smallest absolute Gasteiger partial charge is 0.293 e. The van der Waals surface area contributed by atoms with E-state index in [0.29, 0.717) is 18.9 Å². The first-order valence-electron chi connectivity index (χ1n) is 4.59. The number of aromatic nitrogens is 3. The van der Waals surface area contributed by atoms with Crippen molar-refractivity contribution in [2.45, 2.75) is 19.4 Å². The van der Waals surface area contributed by atoms with E-state index in [1.807, 2.05) is 6.92 Å². The Morgan fingerprint density at radius 3 is 2.93 bits per heavy atom. The Balaban J connectivity index is 2.04. The summed E-state index contributed by atoms with van der Waals surface area (Å²) in [6, 6.07) is 0. The van der Waals surface area contributed by atoms with Crippen molar-refractivity contribution in [3.63, 3.8) is 0 Å². The van der Waals surface area contributed by atoms with Crippen molar-refractivity contribution in [2.24, 2.45) is 0 Å².